The molecule has 0 radical (unpaired) electrons. The van der Waals surface area contributed by atoms with Crippen LogP contribution < -0.4 is 10.2 Å². The van der Waals surface area contributed by atoms with Gasteiger partial charge in [-0.3, -0.25) is 14.4 Å². The van der Waals surface area contributed by atoms with E-state index in [0.717, 1.165) is 33.6 Å². The van der Waals surface area contributed by atoms with Crippen molar-refractivity contribution in [3.05, 3.63) is 58.7 Å². The van der Waals surface area contributed by atoms with E-state index in [1.165, 1.54) is 4.90 Å². The SMILES string of the molecule is Cc1cccc(NC(=O)CN(C)C(=O)[C@H]2CC(=O)N(c3cccc(C)c3C)C2)c1C. The van der Waals surface area contributed by atoms with Gasteiger partial charge in [-0.25, -0.2) is 0 Å². The molecule has 3 rings (SSSR count). The van der Waals surface area contributed by atoms with E-state index >= 15 is 0 Å². The van der Waals surface area contributed by atoms with Crippen molar-refractivity contribution in [2.24, 2.45) is 5.92 Å². The fraction of sp³-hybridized carbons (Fsp3) is 0.375. The lowest BCUT2D eigenvalue weighted by molar-refractivity contribution is -0.137. The molecule has 0 spiro atoms. The van der Waals surface area contributed by atoms with E-state index in [9.17, 15) is 14.4 Å². The van der Waals surface area contributed by atoms with Crippen LogP contribution in [0.4, 0.5) is 11.4 Å². The molecule has 30 heavy (non-hydrogen) atoms. The third kappa shape index (κ3) is 4.37. The van der Waals surface area contributed by atoms with Crippen LogP contribution in [0.5, 0.6) is 0 Å². The average molecular weight is 408 g/mol. The molecule has 3 amide bonds. The third-order valence-electron chi connectivity index (χ3n) is 5.98. The Morgan fingerprint density at radius 3 is 2.37 bits per heavy atom. The van der Waals surface area contributed by atoms with Gasteiger partial charge in [0.25, 0.3) is 0 Å². The Morgan fingerprint density at radius 2 is 1.67 bits per heavy atom. The molecular formula is C24H29N3O3. The van der Waals surface area contributed by atoms with Gasteiger partial charge in [-0.1, -0.05) is 24.3 Å². The summed E-state index contributed by atoms with van der Waals surface area (Å²) in [6.45, 7) is 8.21. The third-order valence-corrected chi connectivity index (χ3v) is 5.98. The minimum Gasteiger partial charge on any atom is -0.336 e. The summed E-state index contributed by atoms with van der Waals surface area (Å²) in [4.78, 5) is 41.0. The highest BCUT2D eigenvalue weighted by atomic mass is 16.2. The molecule has 1 aliphatic rings. The van der Waals surface area contributed by atoms with Crippen molar-refractivity contribution in [3.8, 4) is 0 Å². The topological polar surface area (TPSA) is 69.7 Å². The first-order valence-corrected chi connectivity index (χ1v) is 10.2. The van der Waals surface area contributed by atoms with Gasteiger partial charge >= 0.3 is 0 Å². The van der Waals surface area contributed by atoms with Crippen molar-refractivity contribution >= 4 is 29.1 Å². The lowest BCUT2D eigenvalue weighted by Crippen LogP contribution is -2.39. The molecule has 0 aliphatic carbocycles. The van der Waals surface area contributed by atoms with Crippen molar-refractivity contribution in [2.75, 3.05) is 30.4 Å². The molecule has 2 aromatic carbocycles. The Hall–Kier alpha value is -3.15. The number of likely N-dealkylation sites (N-methyl/N-ethyl adjacent to an activating group) is 1. The molecule has 0 unspecified atom stereocenters. The van der Waals surface area contributed by atoms with Gasteiger partial charge in [0.1, 0.15) is 0 Å². The number of hydrogen-bond acceptors (Lipinski definition) is 3. The zero-order valence-electron chi connectivity index (χ0n) is 18.3. The summed E-state index contributed by atoms with van der Waals surface area (Å²) >= 11 is 0. The standard InChI is InChI=1S/C24H29N3O3/c1-15-8-6-10-20(17(15)3)25-22(28)14-26(5)24(30)19-12-23(29)27(13-19)21-11-7-9-16(2)18(21)4/h6-11,19H,12-14H2,1-5H3,(H,25,28)/t19-/m0/s1. The summed E-state index contributed by atoms with van der Waals surface area (Å²) in [5.41, 5.74) is 5.85. The number of carbonyl (C=O) groups is 3. The summed E-state index contributed by atoms with van der Waals surface area (Å²) in [5, 5.41) is 2.87. The smallest absolute Gasteiger partial charge is 0.243 e. The van der Waals surface area contributed by atoms with Crippen LogP contribution in [0.1, 0.15) is 28.7 Å². The Kier molecular flexibility index (Phi) is 6.25. The van der Waals surface area contributed by atoms with Gasteiger partial charge in [-0.05, 0) is 62.1 Å². The summed E-state index contributed by atoms with van der Waals surface area (Å²) in [7, 11) is 1.61. The molecule has 6 nitrogen and oxygen atoms in total. The van der Waals surface area contributed by atoms with Gasteiger partial charge in [0.2, 0.25) is 17.7 Å². The fourth-order valence-corrected chi connectivity index (χ4v) is 3.82. The van der Waals surface area contributed by atoms with Crippen LogP contribution >= 0.6 is 0 Å². The van der Waals surface area contributed by atoms with Crippen LogP contribution in [-0.2, 0) is 14.4 Å². The first-order valence-electron chi connectivity index (χ1n) is 10.2. The number of aryl methyl sites for hydroxylation is 2. The van der Waals surface area contributed by atoms with E-state index in [1.807, 2.05) is 64.1 Å². The fourth-order valence-electron chi connectivity index (χ4n) is 3.82. The molecule has 1 heterocycles. The molecule has 1 atom stereocenters. The Morgan fingerprint density at radius 1 is 1.03 bits per heavy atom. The van der Waals surface area contributed by atoms with Crippen LogP contribution in [0.3, 0.4) is 0 Å². The quantitative estimate of drug-likeness (QED) is 0.826. The van der Waals surface area contributed by atoms with Crippen LogP contribution in [0.2, 0.25) is 0 Å². The minimum atomic E-state index is -0.448. The molecule has 158 valence electrons. The van der Waals surface area contributed by atoms with Gasteiger partial charge in [0.15, 0.2) is 0 Å². The summed E-state index contributed by atoms with van der Waals surface area (Å²) < 4.78 is 0. The number of anilines is 2. The predicted octanol–water partition coefficient (Wildman–Crippen LogP) is 3.37. The number of nitrogens with one attached hydrogen (secondary N) is 1. The maximum absolute atomic E-state index is 12.9. The first-order chi connectivity index (χ1) is 14.2. The van der Waals surface area contributed by atoms with E-state index in [4.69, 9.17) is 0 Å². The van der Waals surface area contributed by atoms with Crippen molar-refractivity contribution in [1.82, 2.24) is 4.90 Å². The van der Waals surface area contributed by atoms with Crippen LogP contribution in [0.15, 0.2) is 36.4 Å². The summed E-state index contributed by atoms with van der Waals surface area (Å²) in [6.07, 6.45) is 0.162. The van der Waals surface area contributed by atoms with Gasteiger partial charge in [0, 0.05) is 31.4 Å². The Balaban J connectivity index is 1.63. The maximum Gasteiger partial charge on any atom is 0.243 e. The first kappa shape index (κ1) is 21.6. The van der Waals surface area contributed by atoms with Crippen molar-refractivity contribution in [2.45, 2.75) is 34.1 Å². The van der Waals surface area contributed by atoms with Crippen molar-refractivity contribution in [3.63, 3.8) is 0 Å². The highest BCUT2D eigenvalue weighted by molar-refractivity contribution is 6.02. The number of hydrogen-bond donors (Lipinski definition) is 1. The van der Waals surface area contributed by atoms with Crippen molar-refractivity contribution in [1.29, 1.82) is 0 Å². The molecule has 0 aromatic heterocycles. The van der Waals surface area contributed by atoms with Crippen LogP contribution in [0, 0.1) is 33.6 Å². The highest BCUT2D eigenvalue weighted by Gasteiger charge is 2.37. The highest BCUT2D eigenvalue weighted by Crippen LogP contribution is 2.30. The Labute approximate surface area is 177 Å². The molecule has 0 saturated carbocycles. The monoisotopic (exact) mass is 407 g/mol. The number of nitrogens with zero attached hydrogens (tertiary/aromatic N) is 2. The molecule has 1 saturated heterocycles. The van der Waals surface area contributed by atoms with Crippen molar-refractivity contribution < 1.29 is 14.4 Å². The molecule has 1 N–H and O–H groups in total. The van der Waals surface area contributed by atoms with E-state index in [-0.39, 0.29) is 30.7 Å². The second kappa shape index (κ2) is 8.69. The largest absolute Gasteiger partial charge is 0.336 e. The summed E-state index contributed by atoms with van der Waals surface area (Å²) in [6, 6.07) is 11.6. The van der Waals surface area contributed by atoms with Gasteiger partial charge in [-0.15, -0.1) is 0 Å². The average Bonchev–Trinajstić information content (AvgIpc) is 3.08. The minimum absolute atomic E-state index is 0.0552. The number of benzene rings is 2. The predicted molar refractivity (Wildman–Crippen MR) is 119 cm³/mol. The lowest BCUT2D eigenvalue weighted by atomic mass is 10.1. The molecule has 1 fully saturated rings. The van der Waals surface area contributed by atoms with Gasteiger partial charge in [-0.2, -0.15) is 0 Å². The Bertz CT molecular complexity index is 999. The van der Waals surface area contributed by atoms with E-state index in [0.29, 0.717) is 6.54 Å². The zero-order valence-corrected chi connectivity index (χ0v) is 18.3. The molecule has 0 bridgehead atoms. The van der Waals surface area contributed by atoms with Crippen LogP contribution in [0.25, 0.3) is 0 Å². The second-order valence-electron chi connectivity index (χ2n) is 8.11. The maximum atomic E-state index is 12.9. The van der Waals surface area contributed by atoms with Crippen LogP contribution in [-0.4, -0.2) is 42.8 Å². The van der Waals surface area contributed by atoms with Gasteiger partial charge in [0.05, 0.1) is 12.5 Å². The second-order valence-corrected chi connectivity index (χ2v) is 8.11. The molecular weight excluding hydrogens is 378 g/mol. The van der Waals surface area contributed by atoms with E-state index in [1.54, 1.807) is 11.9 Å². The molecule has 1 aliphatic heterocycles. The normalized spacial score (nSPS) is 16.0. The molecule has 6 heteroatoms. The zero-order chi connectivity index (χ0) is 22.0. The molecule has 2 aromatic rings. The number of rotatable bonds is 5. The van der Waals surface area contributed by atoms with Gasteiger partial charge < -0.3 is 15.1 Å². The lowest BCUT2D eigenvalue weighted by Gasteiger charge is -2.22. The van der Waals surface area contributed by atoms with E-state index in [2.05, 4.69) is 5.32 Å². The number of carbonyl (C=O) groups excluding carboxylic acids is 3. The summed E-state index contributed by atoms with van der Waals surface area (Å²) in [5.74, 6) is -0.950. The van der Waals surface area contributed by atoms with E-state index < -0.39 is 5.92 Å². The number of amides is 3.